The standard InChI is InChI=1S/C25H24FN3O4/c1-33-25(32)23-20(14-30)19-13-28-21(22(19)29(23)12-17-7-2-3-10-27-17)9-8-18(24(28)31)15-5-4-6-16(26)11-15/h2-11,19-20,22-23,30H,12-14H2,1H3/t19-,20-,22+,23-/m1/s1. The van der Waals surface area contributed by atoms with Gasteiger partial charge in [0, 0.05) is 49.0 Å². The van der Waals surface area contributed by atoms with Gasteiger partial charge in [0.25, 0.3) is 5.56 Å². The van der Waals surface area contributed by atoms with Crippen molar-refractivity contribution in [3.05, 3.63) is 88.4 Å². The number of hydrogen-bond acceptors (Lipinski definition) is 6. The molecule has 8 heteroatoms. The van der Waals surface area contributed by atoms with Crippen LogP contribution in [-0.2, 0) is 22.6 Å². The van der Waals surface area contributed by atoms with Crippen molar-refractivity contribution in [3.63, 3.8) is 0 Å². The second-order valence-corrected chi connectivity index (χ2v) is 8.51. The highest BCUT2D eigenvalue weighted by Gasteiger charge is 2.56. The summed E-state index contributed by atoms with van der Waals surface area (Å²) in [5, 5.41) is 10.2. The number of aliphatic hydroxyl groups is 1. The summed E-state index contributed by atoms with van der Waals surface area (Å²) in [4.78, 5) is 32.5. The molecule has 1 fully saturated rings. The Hall–Kier alpha value is -3.36. The van der Waals surface area contributed by atoms with E-state index in [2.05, 4.69) is 4.98 Å². The van der Waals surface area contributed by atoms with E-state index < -0.39 is 23.7 Å². The fourth-order valence-corrected chi connectivity index (χ4v) is 5.42. The minimum absolute atomic E-state index is 0.154. The van der Waals surface area contributed by atoms with Gasteiger partial charge in [0.05, 0.1) is 18.8 Å². The average Bonchev–Trinajstić information content (AvgIpc) is 3.35. The second-order valence-electron chi connectivity index (χ2n) is 8.51. The number of rotatable bonds is 5. The van der Waals surface area contributed by atoms with Crippen molar-refractivity contribution < 1.29 is 19.0 Å². The van der Waals surface area contributed by atoms with Crippen LogP contribution in [0.5, 0.6) is 0 Å². The number of ether oxygens (including phenoxy) is 1. The summed E-state index contributed by atoms with van der Waals surface area (Å²) < 4.78 is 20.5. The van der Waals surface area contributed by atoms with Crippen LogP contribution in [0.2, 0.25) is 0 Å². The first kappa shape index (κ1) is 21.5. The van der Waals surface area contributed by atoms with Gasteiger partial charge in [-0.05, 0) is 42.0 Å². The highest BCUT2D eigenvalue weighted by atomic mass is 19.1. The minimum atomic E-state index is -0.649. The molecule has 0 unspecified atom stereocenters. The first-order valence-corrected chi connectivity index (χ1v) is 10.9. The van der Waals surface area contributed by atoms with Gasteiger partial charge in [-0.1, -0.05) is 18.2 Å². The highest BCUT2D eigenvalue weighted by Crippen LogP contribution is 2.50. The van der Waals surface area contributed by atoms with Crippen LogP contribution in [0.25, 0.3) is 11.1 Å². The molecule has 5 rings (SSSR count). The van der Waals surface area contributed by atoms with Crippen LogP contribution in [-0.4, -0.2) is 45.3 Å². The Morgan fingerprint density at radius 2 is 2.06 bits per heavy atom. The number of aromatic nitrogens is 2. The topological polar surface area (TPSA) is 84.7 Å². The van der Waals surface area contributed by atoms with Crippen molar-refractivity contribution in [2.45, 2.75) is 25.2 Å². The molecule has 1 saturated heterocycles. The molecule has 0 radical (unpaired) electrons. The normalized spacial score (nSPS) is 23.8. The molecule has 4 atom stereocenters. The summed E-state index contributed by atoms with van der Waals surface area (Å²) in [7, 11) is 1.34. The number of fused-ring (bicyclic) bond motifs is 3. The van der Waals surface area contributed by atoms with E-state index in [1.54, 1.807) is 29.0 Å². The number of hydrogen-bond donors (Lipinski definition) is 1. The van der Waals surface area contributed by atoms with Crippen molar-refractivity contribution in [2.24, 2.45) is 11.8 Å². The minimum Gasteiger partial charge on any atom is -0.468 e. The molecule has 4 heterocycles. The first-order valence-electron chi connectivity index (χ1n) is 10.9. The Morgan fingerprint density at radius 3 is 2.76 bits per heavy atom. The Bertz CT molecular complexity index is 1250. The van der Waals surface area contributed by atoms with E-state index in [4.69, 9.17) is 4.74 Å². The van der Waals surface area contributed by atoms with Gasteiger partial charge in [0.1, 0.15) is 11.9 Å². The van der Waals surface area contributed by atoms with Gasteiger partial charge >= 0.3 is 5.97 Å². The molecule has 2 aromatic heterocycles. The van der Waals surface area contributed by atoms with Gasteiger partial charge in [0.15, 0.2) is 0 Å². The smallest absolute Gasteiger partial charge is 0.323 e. The number of pyridine rings is 2. The molecule has 2 aliphatic heterocycles. The molecule has 0 bridgehead atoms. The predicted octanol–water partition coefficient (Wildman–Crippen LogP) is 2.39. The Kier molecular flexibility index (Phi) is 5.55. The number of aliphatic hydroxyl groups excluding tert-OH is 1. The Balaban J connectivity index is 1.60. The summed E-state index contributed by atoms with van der Waals surface area (Å²) in [6, 6.07) is 14.2. The summed E-state index contributed by atoms with van der Waals surface area (Å²) in [6.07, 6.45) is 1.69. The molecule has 2 aliphatic rings. The third-order valence-corrected chi connectivity index (χ3v) is 6.84. The largest absolute Gasteiger partial charge is 0.468 e. The molecule has 1 N–H and O–H groups in total. The molecule has 1 aromatic carbocycles. The zero-order chi connectivity index (χ0) is 23.1. The van der Waals surface area contributed by atoms with E-state index in [1.165, 1.54) is 19.2 Å². The number of nitrogens with zero attached hydrogens (tertiary/aromatic N) is 3. The highest BCUT2D eigenvalue weighted by molar-refractivity contribution is 5.77. The monoisotopic (exact) mass is 449 g/mol. The summed E-state index contributed by atoms with van der Waals surface area (Å²) in [5.74, 6) is -1.37. The number of likely N-dealkylation sites (tertiary alicyclic amines) is 1. The molecule has 0 amide bonds. The van der Waals surface area contributed by atoms with E-state index in [0.29, 0.717) is 24.2 Å². The number of carbonyl (C=O) groups excluding carboxylic acids is 1. The maximum absolute atomic E-state index is 13.8. The fourth-order valence-electron chi connectivity index (χ4n) is 5.42. The van der Waals surface area contributed by atoms with Gasteiger partial charge in [-0.15, -0.1) is 0 Å². The lowest BCUT2D eigenvalue weighted by atomic mass is 9.88. The fraction of sp³-hybridized carbons (Fsp3) is 0.320. The van der Waals surface area contributed by atoms with Gasteiger partial charge in [-0.3, -0.25) is 19.5 Å². The van der Waals surface area contributed by atoms with Crippen molar-refractivity contribution in [1.82, 2.24) is 14.5 Å². The predicted molar refractivity (Wildman–Crippen MR) is 118 cm³/mol. The SMILES string of the molecule is COC(=O)[C@H]1[C@H](CO)[C@H]2Cn3c(ccc(-c4cccc(F)c4)c3=O)[C@H]2N1Cc1ccccn1. The van der Waals surface area contributed by atoms with Crippen LogP contribution < -0.4 is 5.56 Å². The number of esters is 1. The van der Waals surface area contributed by atoms with Crippen LogP contribution in [0, 0.1) is 17.7 Å². The van der Waals surface area contributed by atoms with Crippen LogP contribution in [0.15, 0.2) is 65.6 Å². The lowest BCUT2D eigenvalue weighted by molar-refractivity contribution is -0.148. The Morgan fingerprint density at radius 1 is 1.21 bits per heavy atom. The lowest BCUT2D eigenvalue weighted by Gasteiger charge is -2.29. The molecule has 3 aromatic rings. The number of methoxy groups -OCH3 is 1. The third kappa shape index (κ3) is 3.55. The van der Waals surface area contributed by atoms with Crippen LogP contribution in [0.4, 0.5) is 4.39 Å². The summed E-state index contributed by atoms with van der Waals surface area (Å²) >= 11 is 0. The average molecular weight is 449 g/mol. The summed E-state index contributed by atoms with van der Waals surface area (Å²) in [5.41, 5.74) is 2.27. The third-order valence-electron chi connectivity index (χ3n) is 6.84. The molecule has 33 heavy (non-hydrogen) atoms. The second kappa shape index (κ2) is 8.53. The lowest BCUT2D eigenvalue weighted by Crippen LogP contribution is -2.43. The summed E-state index contributed by atoms with van der Waals surface area (Å²) in [6.45, 7) is 0.524. The van der Waals surface area contributed by atoms with Crippen LogP contribution in [0.3, 0.4) is 0 Å². The van der Waals surface area contributed by atoms with Gasteiger partial charge in [-0.25, -0.2) is 4.39 Å². The molecular formula is C25H24FN3O4. The molecule has 0 aliphatic carbocycles. The van der Waals surface area contributed by atoms with Crippen LogP contribution in [0.1, 0.15) is 17.4 Å². The van der Waals surface area contributed by atoms with Crippen molar-refractivity contribution >= 4 is 5.97 Å². The van der Waals surface area contributed by atoms with E-state index in [9.17, 15) is 19.1 Å². The molecular weight excluding hydrogens is 425 g/mol. The van der Waals surface area contributed by atoms with E-state index >= 15 is 0 Å². The molecule has 170 valence electrons. The van der Waals surface area contributed by atoms with Crippen LogP contribution >= 0.6 is 0 Å². The first-order chi connectivity index (χ1) is 16.0. The zero-order valence-corrected chi connectivity index (χ0v) is 18.1. The van der Waals surface area contributed by atoms with E-state index in [0.717, 1.165) is 11.4 Å². The number of carbonyl (C=O) groups is 1. The Labute approximate surface area is 190 Å². The van der Waals surface area contributed by atoms with Gasteiger partial charge in [-0.2, -0.15) is 0 Å². The molecule has 7 nitrogen and oxygen atoms in total. The van der Waals surface area contributed by atoms with Crippen molar-refractivity contribution in [3.8, 4) is 11.1 Å². The van der Waals surface area contributed by atoms with E-state index in [-0.39, 0.29) is 24.1 Å². The quantitative estimate of drug-likeness (QED) is 0.602. The number of benzene rings is 1. The molecule has 0 saturated carbocycles. The van der Waals surface area contributed by atoms with Crippen molar-refractivity contribution in [1.29, 1.82) is 0 Å². The van der Waals surface area contributed by atoms with Gasteiger partial charge in [0.2, 0.25) is 0 Å². The number of halogens is 1. The van der Waals surface area contributed by atoms with Gasteiger partial charge < -0.3 is 14.4 Å². The molecule has 0 spiro atoms. The maximum Gasteiger partial charge on any atom is 0.323 e. The zero-order valence-electron chi connectivity index (χ0n) is 18.1. The van der Waals surface area contributed by atoms with Crippen molar-refractivity contribution in [2.75, 3.05) is 13.7 Å². The van der Waals surface area contributed by atoms with E-state index in [1.807, 2.05) is 29.2 Å². The maximum atomic E-state index is 13.8.